The zero-order valence-electron chi connectivity index (χ0n) is 18.1. The lowest BCUT2D eigenvalue weighted by atomic mass is 10.1. The van der Waals surface area contributed by atoms with Gasteiger partial charge >= 0.3 is 5.69 Å². The summed E-state index contributed by atoms with van der Waals surface area (Å²) in [6.07, 6.45) is 7.24. The van der Waals surface area contributed by atoms with E-state index < -0.39 is 11.2 Å². The zero-order valence-corrected chi connectivity index (χ0v) is 18.9. The van der Waals surface area contributed by atoms with Crippen molar-refractivity contribution in [2.75, 3.05) is 10.6 Å². The van der Waals surface area contributed by atoms with Crippen molar-refractivity contribution in [3.63, 3.8) is 0 Å². The molecule has 3 rings (SSSR count). The third kappa shape index (κ3) is 4.38. The minimum absolute atomic E-state index is 0.0829. The number of carbonyl (C=O) groups is 1. The van der Waals surface area contributed by atoms with E-state index in [0.717, 1.165) is 56.2 Å². The second-order valence-corrected chi connectivity index (χ2v) is 9.31. The average molecular weight is 433 g/mol. The van der Waals surface area contributed by atoms with Gasteiger partial charge in [0.25, 0.3) is 11.5 Å². The number of aromatic amines is 1. The van der Waals surface area contributed by atoms with Crippen molar-refractivity contribution >= 4 is 28.7 Å². The largest absolute Gasteiger partial charge is 0.383 e. The van der Waals surface area contributed by atoms with Gasteiger partial charge in [-0.15, -0.1) is 11.3 Å². The van der Waals surface area contributed by atoms with E-state index >= 15 is 0 Å². The molecule has 1 aliphatic carbocycles. The number of nitrogens with one attached hydrogen (secondary N) is 1. The number of H-pyrrole nitrogens is 1. The van der Waals surface area contributed by atoms with Crippen molar-refractivity contribution in [2.45, 2.75) is 84.7 Å². The van der Waals surface area contributed by atoms with Crippen molar-refractivity contribution in [2.24, 2.45) is 0 Å². The first kappa shape index (κ1) is 22.3. The fraction of sp³-hybridized carbons (Fsp3) is 0.591. The SMILES string of the molecule is CCCCn1c(N)c(N(C(=O)c2cc(CCC)c(C)s2)C2CCCC2)c(=O)[nH]c1=O. The number of unbranched alkanes of at least 4 members (excludes halogenated alkanes) is 1. The first-order valence-electron chi connectivity index (χ1n) is 10.9. The van der Waals surface area contributed by atoms with Crippen LogP contribution in [0.2, 0.25) is 0 Å². The predicted molar refractivity (Wildman–Crippen MR) is 123 cm³/mol. The normalized spacial score (nSPS) is 14.4. The molecule has 2 aromatic rings. The number of hydrogen-bond acceptors (Lipinski definition) is 5. The third-order valence-corrected chi connectivity index (χ3v) is 6.93. The molecule has 1 amide bonds. The Morgan fingerprint density at radius 2 is 1.97 bits per heavy atom. The topological polar surface area (TPSA) is 101 Å². The van der Waals surface area contributed by atoms with E-state index in [1.54, 1.807) is 4.90 Å². The van der Waals surface area contributed by atoms with Gasteiger partial charge in [0, 0.05) is 17.5 Å². The van der Waals surface area contributed by atoms with E-state index in [9.17, 15) is 14.4 Å². The molecular formula is C22H32N4O3S. The summed E-state index contributed by atoms with van der Waals surface area (Å²) in [6, 6.07) is 1.86. The fourth-order valence-corrected chi connectivity index (χ4v) is 5.23. The smallest absolute Gasteiger partial charge is 0.330 e. The first-order chi connectivity index (χ1) is 14.4. The molecule has 0 saturated heterocycles. The molecule has 0 radical (unpaired) electrons. The van der Waals surface area contributed by atoms with Crippen LogP contribution in [-0.2, 0) is 13.0 Å². The van der Waals surface area contributed by atoms with Gasteiger partial charge in [0.15, 0.2) is 5.69 Å². The van der Waals surface area contributed by atoms with E-state index in [2.05, 4.69) is 11.9 Å². The highest BCUT2D eigenvalue weighted by molar-refractivity contribution is 7.14. The standard InChI is InChI=1S/C22H32N4O3S/c1-4-6-12-25-19(23)18(20(27)24-22(25)29)26(16-10-7-8-11-16)21(28)17-13-15(9-5-2)14(3)30-17/h13,16H,4-12,23H2,1-3H3,(H,24,27,29). The van der Waals surface area contributed by atoms with Crippen molar-refractivity contribution < 1.29 is 4.79 Å². The number of nitrogens with zero attached hydrogens (tertiary/aromatic N) is 2. The van der Waals surface area contributed by atoms with Gasteiger partial charge in [-0.25, -0.2) is 4.79 Å². The monoisotopic (exact) mass is 432 g/mol. The van der Waals surface area contributed by atoms with Gasteiger partial charge < -0.3 is 5.73 Å². The Balaban J connectivity index is 2.11. The van der Waals surface area contributed by atoms with E-state index in [1.807, 2.05) is 19.9 Å². The maximum absolute atomic E-state index is 13.7. The molecule has 164 valence electrons. The fourth-order valence-electron chi connectivity index (χ4n) is 4.22. The summed E-state index contributed by atoms with van der Waals surface area (Å²) in [5, 5.41) is 0. The number of nitrogens with two attached hydrogens (primary N) is 1. The summed E-state index contributed by atoms with van der Waals surface area (Å²) in [5.41, 5.74) is 6.52. The second-order valence-electron chi connectivity index (χ2n) is 8.05. The van der Waals surface area contributed by atoms with Crippen LogP contribution in [0.3, 0.4) is 0 Å². The summed E-state index contributed by atoms with van der Waals surface area (Å²) in [6.45, 7) is 6.58. The van der Waals surface area contributed by atoms with Crippen molar-refractivity contribution in [3.8, 4) is 0 Å². The highest BCUT2D eigenvalue weighted by Crippen LogP contribution is 2.33. The van der Waals surface area contributed by atoms with Gasteiger partial charge in [0.1, 0.15) is 5.82 Å². The van der Waals surface area contributed by atoms with Crippen LogP contribution in [0.4, 0.5) is 11.5 Å². The van der Waals surface area contributed by atoms with E-state index in [0.29, 0.717) is 11.4 Å². The number of anilines is 2. The molecule has 1 saturated carbocycles. The minimum Gasteiger partial charge on any atom is -0.383 e. The molecular weight excluding hydrogens is 400 g/mol. The lowest BCUT2D eigenvalue weighted by Crippen LogP contribution is -2.45. The van der Waals surface area contributed by atoms with Gasteiger partial charge in [-0.3, -0.25) is 24.0 Å². The Labute approximate surface area is 180 Å². The number of hydrogen-bond donors (Lipinski definition) is 2. The Hall–Kier alpha value is -2.35. The average Bonchev–Trinajstić information content (AvgIpc) is 3.35. The summed E-state index contributed by atoms with van der Waals surface area (Å²) >= 11 is 1.46. The maximum Gasteiger partial charge on any atom is 0.330 e. The van der Waals surface area contributed by atoms with Crippen LogP contribution in [-0.4, -0.2) is 21.5 Å². The number of amides is 1. The van der Waals surface area contributed by atoms with Gasteiger partial charge in [-0.05, 0) is 44.2 Å². The van der Waals surface area contributed by atoms with Crippen LogP contribution in [0.1, 0.15) is 78.9 Å². The molecule has 2 aromatic heterocycles. The molecule has 7 nitrogen and oxygen atoms in total. The number of rotatable bonds is 8. The molecule has 0 atom stereocenters. The second kappa shape index (κ2) is 9.64. The molecule has 1 fully saturated rings. The van der Waals surface area contributed by atoms with Crippen LogP contribution >= 0.6 is 11.3 Å². The van der Waals surface area contributed by atoms with Crippen LogP contribution in [0.15, 0.2) is 15.7 Å². The number of nitrogen functional groups attached to an aromatic ring is 1. The van der Waals surface area contributed by atoms with E-state index in [1.165, 1.54) is 21.5 Å². The summed E-state index contributed by atoms with van der Waals surface area (Å²) in [5.74, 6) is -0.116. The molecule has 0 aromatic carbocycles. The Kier molecular flexibility index (Phi) is 7.18. The Morgan fingerprint density at radius 1 is 1.27 bits per heavy atom. The summed E-state index contributed by atoms with van der Waals surface area (Å²) < 4.78 is 1.39. The number of carbonyl (C=O) groups excluding carboxylic acids is 1. The molecule has 0 unspecified atom stereocenters. The van der Waals surface area contributed by atoms with Gasteiger partial charge in [-0.2, -0.15) is 0 Å². The van der Waals surface area contributed by atoms with Crippen LogP contribution < -0.4 is 21.9 Å². The molecule has 1 aliphatic rings. The summed E-state index contributed by atoms with van der Waals surface area (Å²) in [7, 11) is 0. The molecule has 0 spiro atoms. The number of thiophene rings is 1. The third-order valence-electron chi connectivity index (χ3n) is 5.85. The molecule has 0 bridgehead atoms. The van der Waals surface area contributed by atoms with Gasteiger partial charge in [-0.1, -0.05) is 39.5 Å². The molecule has 30 heavy (non-hydrogen) atoms. The van der Waals surface area contributed by atoms with Gasteiger partial charge in [0.05, 0.1) is 4.88 Å². The Morgan fingerprint density at radius 3 is 2.60 bits per heavy atom. The zero-order chi connectivity index (χ0) is 21.8. The van der Waals surface area contributed by atoms with Crippen LogP contribution in [0.5, 0.6) is 0 Å². The van der Waals surface area contributed by atoms with E-state index in [4.69, 9.17) is 5.73 Å². The number of aryl methyl sites for hydroxylation is 2. The van der Waals surface area contributed by atoms with Crippen molar-refractivity contribution in [3.05, 3.63) is 42.2 Å². The van der Waals surface area contributed by atoms with Gasteiger partial charge in [0.2, 0.25) is 0 Å². The lowest BCUT2D eigenvalue weighted by molar-refractivity contribution is 0.0980. The van der Waals surface area contributed by atoms with Crippen LogP contribution in [0.25, 0.3) is 0 Å². The van der Waals surface area contributed by atoms with E-state index in [-0.39, 0.29) is 23.5 Å². The number of aromatic nitrogens is 2. The highest BCUT2D eigenvalue weighted by atomic mass is 32.1. The van der Waals surface area contributed by atoms with Crippen molar-refractivity contribution in [1.29, 1.82) is 0 Å². The Bertz CT molecular complexity index is 1010. The maximum atomic E-state index is 13.7. The lowest BCUT2D eigenvalue weighted by Gasteiger charge is -2.29. The molecule has 2 heterocycles. The highest BCUT2D eigenvalue weighted by Gasteiger charge is 2.34. The molecule has 0 aliphatic heterocycles. The summed E-state index contributed by atoms with van der Waals surface area (Å²) in [4.78, 5) is 44.6. The molecule has 3 N–H and O–H groups in total. The molecule has 8 heteroatoms. The first-order valence-corrected chi connectivity index (χ1v) is 11.8. The van der Waals surface area contributed by atoms with Crippen LogP contribution in [0, 0.1) is 6.92 Å². The van der Waals surface area contributed by atoms with Crippen molar-refractivity contribution in [1.82, 2.24) is 9.55 Å². The minimum atomic E-state index is -0.590. The predicted octanol–water partition coefficient (Wildman–Crippen LogP) is 3.83. The quantitative estimate of drug-likeness (QED) is 0.662.